The molecule has 1 aliphatic rings. The summed E-state index contributed by atoms with van der Waals surface area (Å²) in [6.07, 6.45) is 6.45. The van der Waals surface area contributed by atoms with E-state index < -0.39 is 0 Å². The highest BCUT2D eigenvalue weighted by molar-refractivity contribution is 5.84. The van der Waals surface area contributed by atoms with Crippen LogP contribution >= 0.6 is 0 Å². The average Bonchev–Trinajstić information content (AvgIpc) is 2.53. The summed E-state index contributed by atoms with van der Waals surface area (Å²) >= 11 is 0. The van der Waals surface area contributed by atoms with Gasteiger partial charge in [-0.2, -0.15) is 0 Å². The van der Waals surface area contributed by atoms with Gasteiger partial charge in [0.2, 0.25) is 0 Å². The quantitative estimate of drug-likeness (QED) is 0.925. The Morgan fingerprint density at radius 2 is 2.00 bits per heavy atom. The molecule has 0 bridgehead atoms. The van der Waals surface area contributed by atoms with E-state index in [2.05, 4.69) is 46.4 Å². The number of likely N-dealkylation sites (tertiary alicyclic amines) is 1. The van der Waals surface area contributed by atoms with Gasteiger partial charge in [-0.25, -0.2) is 0 Å². The van der Waals surface area contributed by atoms with Crippen molar-refractivity contribution >= 4 is 10.8 Å². The molecule has 1 saturated heterocycles. The van der Waals surface area contributed by atoms with Gasteiger partial charge in [-0.05, 0) is 43.4 Å². The molecule has 0 amide bonds. The summed E-state index contributed by atoms with van der Waals surface area (Å²) in [5, 5.41) is 6.26. The molecule has 3 heteroatoms. The van der Waals surface area contributed by atoms with E-state index in [0.29, 0.717) is 6.04 Å². The lowest BCUT2D eigenvalue weighted by molar-refractivity contribution is 0.206. The first-order valence-corrected chi connectivity index (χ1v) is 7.64. The molecule has 0 aliphatic carbocycles. The first kappa shape index (κ1) is 13.5. The van der Waals surface area contributed by atoms with Crippen LogP contribution in [0.3, 0.4) is 0 Å². The minimum Gasteiger partial charge on any atom is -0.310 e. The van der Waals surface area contributed by atoms with Crippen molar-refractivity contribution in [3.63, 3.8) is 0 Å². The molecule has 20 heavy (non-hydrogen) atoms. The summed E-state index contributed by atoms with van der Waals surface area (Å²) in [4.78, 5) is 6.88. The highest BCUT2D eigenvalue weighted by Gasteiger charge is 2.17. The molecule has 106 valence electrons. The monoisotopic (exact) mass is 269 g/mol. The van der Waals surface area contributed by atoms with Crippen molar-refractivity contribution in [3.05, 3.63) is 42.2 Å². The molecule has 1 fully saturated rings. The summed E-state index contributed by atoms with van der Waals surface area (Å²) in [6, 6.07) is 9.14. The molecule has 3 rings (SSSR count). The van der Waals surface area contributed by atoms with E-state index in [4.69, 9.17) is 0 Å². The molecular weight excluding hydrogens is 246 g/mol. The van der Waals surface area contributed by atoms with Crippen LogP contribution in [0, 0.1) is 0 Å². The zero-order valence-electron chi connectivity index (χ0n) is 12.2. The first-order chi connectivity index (χ1) is 9.86. The van der Waals surface area contributed by atoms with Crippen molar-refractivity contribution in [2.75, 3.05) is 19.6 Å². The van der Waals surface area contributed by atoms with Crippen molar-refractivity contribution < 1.29 is 0 Å². The van der Waals surface area contributed by atoms with Gasteiger partial charge in [0.05, 0.1) is 0 Å². The fourth-order valence-electron chi connectivity index (χ4n) is 3.03. The highest BCUT2D eigenvalue weighted by atomic mass is 15.1. The maximum absolute atomic E-state index is 4.35. The summed E-state index contributed by atoms with van der Waals surface area (Å²) in [7, 11) is 0. The van der Waals surface area contributed by atoms with Crippen LogP contribution in [0.15, 0.2) is 36.7 Å². The molecule has 0 spiro atoms. The first-order valence-electron chi connectivity index (χ1n) is 7.64. The fourth-order valence-corrected chi connectivity index (χ4v) is 3.03. The summed E-state index contributed by atoms with van der Waals surface area (Å²) in [5.41, 5.74) is 1.31. The number of hydrogen-bond acceptors (Lipinski definition) is 3. The Morgan fingerprint density at radius 1 is 1.20 bits per heavy atom. The Bertz CT molecular complexity index is 554. The number of nitrogens with one attached hydrogen (secondary N) is 1. The van der Waals surface area contributed by atoms with Gasteiger partial charge in [-0.1, -0.05) is 31.2 Å². The number of hydrogen-bond donors (Lipinski definition) is 1. The Labute approximate surface area is 121 Å². The molecule has 0 saturated carbocycles. The minimum atomic E-state index is 0.650. The summed E-state index contributed by atoms with van der Waals surface area (Å²) < 4.78 is 0. The standard InChI is InChI=1S/C17H23N3/c1-2-20-9-7-16(8-10-20)19-13-15-12-18-11-14-5-3-4-6-17(14)15/h3-6,11-12,16,19H,2,7-10,13H2,1H3. The van der Waals surface area contributed by atoms with E-state index >= 15 is 0 Å². The predicted molar refractivity (Wildman–Crippen MR) is 83.7 cm³/mol. The van der Waals surface area contributed by atoms with Crippen LogP contribution in [0.1, 0.15) is 25.3 Å². The second-order valence-electron chi connectivity index (χ2n) is 5.61. The second-order valence-corrected chi connectivity index (χ2v) is 5.61. The van der Waals surface area contributed by atoms with E-state index in [-0.39, 0.29) is 0 Å². The van der Waals surface area contributed by atoms with Crippen molar-refractivity contribution in [2.24, 2.45) is 0 Å². The molecule has 1 N–H and O–H groups in total. The maximum Gasteiger partial charge on any atom is 0.0346 e. The lowest BCUT2D eigenvalue weighted by Gasteiger charge is -2.31. The van der Waals surface area contributed by atoms with Gasteiger partial charge >= 0.3 is 0 Å². The number of benzene rings is 1. The van der Waals surface area contributed by atoms with Gasteiger partial charge in [-0.3, -0.25) is 4.98 Å². The normalized spacial score (nSPS) is 17.6. The van der Waals surface area contributed by atoms with Crippen molar-refractivity contribution in [1.29, 1.82) is 0 Å². The molecule has 2 aromatic rings. The van der Waals surface area contributed by atoms with Crippen LogP contribution in [-0.2, 0) is 6.54 Å². The van der Waals surface area contributed by atoms with Crippen LogP contribution in [0.2, 0.25) is 0 Å². The zero-order chi connectivity index (χ0) is 13.8. The van der Waals surface area contributed by atoms with Crippen molar-refractivity contribution in [2.45, 2.75) is 32.4 Å². The van der Waals surface area contributed by atoms with E-state index in [1.807, 2.05) is 12.4 Å². The molecule has 3 nitrogen and oxygen atoms in total. The van der Waals surface area contributed by atoms with Gasteiger partial charge in [0.25, 0.3) is 0 Å². The highest BCUT2D eigenvalue weighted by Crippen LogP contribution is 2.18. The van der Waals surface area contributed by atoms with Gasteiger partial charge in [0.15, 0.2) is 0 Å². The average molecular weight is 269 g/mol. The predicted octanol–water partition coefficient (Wildman–Crippen LogP) is 2.81. The molecule has 1 aromatic heterocycles. The summed E-state index contributed by atoms with van der Waals surface area (Å²) in [6.45, 7) is 6.80. The molecule has 0 atom stereocenters. The number of nitrogens with zero attached hydrogens (tertiary/aromatic N) is 2. The van der Waals surface area contributed by atoms with Gasteiger partial charge in [-0.15, -0.1) is 0 Å². The smallest absolute Gasteiger partial charge is 0.0346 e. The lowest BCUT2D eigenvalue weighted by Crippen LogP contribution is -2.42. The van der Waals surface area contributed by atoms with Crippen LogP contribution in [-0.4, -0.2) is 35.6 Å². The lowest BCUT2D eigenvalue weighted by atomic mass is 10.0. The van der Waals surface area contributed by atoms with Crippen LogP contribution in [0.5, 0.6) is 0 Å². The maximum atomic E-state index is 4.35. The Hall–Kier alpha value is -1.45. The van der Waals surface area contributed by atoms with E-state index in [0.717, 1.165) is 6.54 Å². The molecular formula is C17H23N3. The van der Waals surface area contributed by atoms with E-state index in [1.54, 1.807) is 0 Å². The van der Waals surface area contributed by atoms with E-state index in [9.17, 15) is 0 Å². The number of piperidine rings is 1. The number of aromatic nitrogens is 1. The minimum absolute atomic E-state index is 0.650. The molecule has 0 unspecified atom stereocenters. The van der Waals surface area contributed by atoms with E-state index in [1.165, 1.54) is 48.8 Å². The Balaban J connectivity index is 1.63. The number of rotatable bonds is 4. The SMILES string of the molecule is CCN1CCC(NCc2cncc3ccccc23)CC1. The molecule has 0 radical (unpaired) electrons. The third-order valence-corrected chi connectivity index (χ3v) is 4.37. The number of fused-ring (bicyclic) bond motifs is 1. The Morgan fingerprint density at radius 3 is 2.80 bits per heavy atom. The van der Waals surface area contributed by atoms with Gasteiger partial charge in [0, 0.05) is 30.4 Å². The topological polar surface area (TPSA) is 28.2 Å². The molecule has 1 aliphatic heterocycles. The van der Waals surface area contributed by atoms with Crippen LogP contribution in [0.4, 0.5) is 0 Å². The summed E-state index contributed by atoms with van der Waals surface area (Å²) in [5.74, 6) is 0. The van der Waals surface area contributed by atoms with Crippen molar-refractivity contribution in [1.82, 2.24) is 15.2 Å². The largest absolute Gasteiger partial charge is 0.310 e. The Kier molecular flexibility index (Phi) is 4.28. The van der Waals surface area contributed by atoms with Gasteiger partial charge in [0.1, 0.15) is 0 Å². The fraction of sp³-hybridized carbons (Fsp3) is 0.471. The van der Waals surface area contributed by atoms with Crippen molar-refractivity contribution in [3.8, 4) is 0 Å². The second kappa shape index (κ2) is 6.33. The third-order valence-electron chi connectivity index (χ3n) is 4.37. The zero-order valence-corrected chi connectivity index (χ0v) is 12.2. The van der Waals surface area contributed by atoms with Crippen LogP contribution < -0.4 is 5.32 Å². The molecule has 1 aromatic carbocycles. The molecule has 2 heterocycles. The number of pyridine rings is 1. The van der Waals surface area contributed by atoms with Crippen LogP contribution in [0.25, 0.3) is 10.8 Å². The third kappa shape index (κ3) is 3.00. The van der Waals surface area contributed by atoms with Gasteiger partial charge < -0.3 is 10.2 Å².